The van der Waals surface area contributed by atoms with Gasteiger partial charge in [-0.25, -0.2) is 0 Å². The van der Waals surface area contributed by atoms with Gasteiger partial charge in [0.25, 0.3) is 0 Å². The summed E-state index contributed by atoms with van der Waals surface area (Å²) in [5, 5.41) is 13.3. The molecule has 0 radical (unpaired) electrons. The molecule has 3 nitrogen and oxygen atoms in total. The van der Waals surface area contributed by atoms with Crippen LogP contribution < -0.4 is 11.1 Å². The molecule has 4 N–H and O–H groups in total. The number of phenolic OH excluding ortho intramolecular Hbond substituents is 1. The summed E-state index contributed by atoms with van der Waals surface area (Å²) in [6.45, 7) is 4.78. The summed E-state index contributed by atoms with van der Waals surface area (Å²) in [7, 11) is 0. The molecule has 0 bridgehead atoms. The third-order valence-corrected chi connectivity index (χ3v) is 3.92. The van der Waals surface area contributed by atoms with Gasteiger partial charge in [0.1, 0.15) is 5.75 Å². The fraction of sp³-hybridized carbons (Fsp3) is 0.600. The molecule has 100 valence electrons. The van der Waals surface area contributed by atoms with E-state index >= 15 is 0 Å². The van der Waals surface area contributed by atoms with Crippen LogP contribution in [0.3, 0.4) is 0 Å². The summed E-state index contributed by atoms with van der Waals surface area (Å²) >= 11 is 0. The summed E-state index contributed by atoms with van der Waals surface area (Å²) in [6.07, 6.45) is 4.62. The van der Waals surface area contributed by atoms with Gasteiger partial charge in [-0.2, -0.15) is 0 Å². The fourth-order valence-corrected chi connectivity index (χ4v) is 2.73. The van der Waals surface area contributed by atoms with E-state index in [-0.39, 0.29) is 0 Å². The van der Waals surface area contributed by atoms with Gasteiger partial charge >= 0.3 is 0 Å². The Labute approximate surface area is 109 Å². The van der Waals surface area contributed by atoms with Crippen molar-refractivity contribution in [2.75, 3.05) is 0 Å². The van der Waals surface area contributed by atoms with Crippen LogP contribution in [0.1, 0.15) is 42.4 Å². The number of nitrogens with one attached hydrogen (secondary N) is 1. The van der Waals surface area contributed by atoms with Gasteiger partial charge in [0.2, 0.25) is 0 Å². The summed E-state index contributed by atoms with van der Waals surface area (Å²) < 4.78 is 0. The highest BCUT2D eigenvalue weighted by Crippen LogP contribution is 2.23. The van der Waals surface area contributed by atoms with E-state index in [2.05, 4.69) is 17.4 Å². The predicted molar refractivity (Wildman–Crippen MR) is 74.7 cm³/mol. The smallest absolute Gasteiger partial charge is 0.121 e. The van der Waals surface area contributed by atoms with Gasteiger partial charge in [0.15, 0.2) is 0 Å². The molecule has 0 amide bonds. The number of hydrogen-bond acceptors (Lipinski definition) is 3. The minimum absolute atomic E-state index is 0.404. The second-order valence-corrected chi connectivity index (χ2v) is 5.57. The van der Waals surface area contributed by atoms with Gasteiger partial charge in [0.05, 0.1) is 0 Å². The average molecular weight is 248 g/mol. The molecule has 1 aliphatic carbocycles. The first-order valence-electron chi connectivity index (χ1n) is 6.84. The third kappa shape index (κ3) is 3.24. The molecule has 1 saturated carbocycles. The molecule has 0 spiro atoms. The Kier molecular flexibility index (Phi) is 4.25. The quantitative estimate of drug-likeness (QED) is 0.769. The molecule has 0 atom stereocenters. The zero-order valence-electron chi connectivity index (χ0n) is 11.4. The minimum atomic E-state index is 0.404. The lowest BCUT2D eigenvalue weighted by molar-refractivity contribution is 0.341. The molecular formula is C15H24N2O. The van der Waals surface area contributed by atoms with E-state index in [1.54, 1.807) is 0 Å². The maximum Gasteiger partial charge on any atom is 0.121 e. The number of rotatable bonds is 3. The van der Waals surface area contributed by atoms with Crippen molar-refractivity contribution in [2.24, 2.45) is 5.73 Å². The van der Waals surface area contributed by atoms with Crippen LogP contribution in [-0.2, 0) is 6.54 Å². The normalized spacial score (nSPS) is 24.2. The number of phenols is 1. The van der Waals surface area contributed by atoms with Crippen molar-refractivity contribution in [1.29, 1.82) is 0 Å². The number of aryl methyl sites for hydroxylation is 2. The monoisotopic (exact) mass is 248 g/mol. The van der Waals surface area contributed by atoms with Crippen LogP contribution >= 0.6 is 0 Å². The van der Waals surface area contributed by atoms with Crippen LogP contribution in [0.2, 0.25) is 0 Å². The van der Waals surface area contributed by atoms with Gasteiger partial charge in [-0.3, -0.25) is 0 Å². The summed E-state index contributed by atoms with van der Waals surface area (Å²) in [6, 6.07) is 5.12. The SMILES string of the molecule is Cc1cc(CNC2CCC(N)CC2)cc(C)c1O. The Balaban J connectivity index is 1.90. The van der Waals surface area contributed by atoms with Crippen LogP contribution in [0.4, 0.5) is 0 Å². The van der Waals surface area contributed by atoms with Gasteiger partial charge < -0.3 is 16.2 Å². The zero-order valence-corrected chi connectivity index (χ0v) is 11.4. The molecule has 0 saturated heterocycles. The Bertz CT molecular complexity index is 386. The first kappa shape index (κ1) is 13.4. The molecular weight excluding hydrogens is 224 g/mol. The van der Waals surface area contributed by atoms with Crippen molar-refractivity contribution < 1.29 is 5.11 Å². The van der Waals surface area contributed by atoms with Crippen LogP contribution in [0.5, 0.6) is 5.75 Å². The first-order chi connectivity index (χ1) is 8.56. The van der Waals surface area contributed by atoms with Crippen molar-refractivity contribution in [3.63, 3.8) is 0 Å². The van der Waals surface area contributed by atoms with Crippen LogP contribution in [0, 0.1) is 13.8 Å². The average Bonchev–Trinajstić information content (AvgIpc) is 2.35. The van der Waals surface area contributed by atoms with E-state index in [1.165, 1.54) is 18.4 Å². The Morgan fingerprint density at radius 2 is 1.72 bits per heavy atom. The lowest BCUT2D eigenvalue weighted by Crippen LogP contribution is -2.37. The lowest BCUT2D eigenvalue weighted by atomic mass is 9.91. The highest BCUT2D eigenvalue weighted by atomic mass is 16.3. The standard InChI is InChI=1S/C15H24N2O/c1-10-7-12(8-11(2)15(10)18)9-17-14-5-3-13(16)4-6-14/h7-8,13-14,17-18H,3-6,9,16H2,1-2H3. The fourth-order valence-electron chi connectivity index (χ4n) is 2.73. The largest absolute Gasteiger partial charge is 0.507 e. The molecule has 1 fully saturated rings. The zero-order chi connectivity index (χ0) is 13.1. The van der Waals surface area contributed by atoms with Crippen molar-refractivity contribution in [3.8, 4) is 5.75 Å². The molecule has 0 unspecified atom stereocenters. The Hall–Kier alpha value is -1.06. The Morgan fingerprint density at radius 3 is 2.28 bits per heavy atom. The van der Waals surface area contributed by atoms with E-state index < -0.39 is 0 Å². The van der Waals surface area contributed by atoms with Crippen molar-refractivity contribution in [2.45, 2.75) is 58.2 Å². The number of benzene rings is 1. The van der Waals surface area contributed by atoms with Gasteiger partial charge in [-0.1, -0.05) is 12.1 Å². The van der Waals surface area contributed by atoms with Gasteiger partial charge in [-0.15, -0.1) is 0 Å². The highest BCUT2D eigenvalue weighted by molar-refractivity contribution is 5.42. The molecule has 3 heteroatoms. The molecule has 0 aromatic heterocycles. The van der Waals surface area contributed by atoms with Gasteiger partial charge in [0, 0.05) is 18.6 Å². The number of hydrogen-bond donors (Lipinski definition) is 3. The number of aromatic hydroxyl groups is 1. The lowest BCUT2D eigenvalue weighted by Gasteiger charge is -2.27. The van der Waals surface area contributed by atoms with E-state index in [4.69, 9.17) is 5.73 Å². The third-order valence-electron chi connectivity index (χ3n) is 3.92. The molecule has 0 aliphatic heterocycles. The Morgan fingerprint density at radius 1 is 1.17 bits per heavy atom. The predicted octanol–water partition coefficient (Wildman–Crippen LogP) is 2.37. The van der Waals surface area contributed by atoms with E-state index in [0.717, 1.165) is 30.5 Å². The second-order valence-electron chi connectivity index (χ2n) is 5.57. The molecule has 2 rings (SSSR count). The minimum Gasteiger partial charge on any atom is -0.507 e. The topological polar surface area (TPSA) is 58.3 Å². The summed E-state index contributed by atoms with van der Waals surface area (Å²) in [4.78, 5) is 0. The summed E-state index contributed by atoms with van der Waals surface area (Å²) in [5.41, 5.74) is 9.06. The highest BCUT2D eigenvalue weighted by Gasteiger charge is 2.17. The molecule has 18 heavy (non-hydrogen) atoms. The van der Waals surface area contributed by atoms with E-state index in [1.807, 2.05) is 13.8 Å². The van der Waals surface area contributed by atoms with Crippen LogP contribution in [-0.4, -0.2) is 17.2 Å². The van der Waals surface area contributed by atoms with Crippen molar-refractivity contribution >= 4 is 0 Å². The summed E-state index contributed by atoms with van der Waals surface area (Å²) in [5.74, 6) is 0.419. The maximum absolute atomic E-state index is 9.74. The van der Waals surface area contributed by atoms with Crippen molar-refractivity contribution in [3.05, 3.63) is 28.8 Å². The molecule has 1 aromatic rings. The van der Waals surface area contributed by atoms with Crippen LogP contribution in [0.25, 0.3) is 0 Å². The second kappa shape index (κ2) is 5.72. The van der Waals surface area contributed by atoms with Crippen LogP contribution in [0.15, 0.2) is 12.1 Å². The van der Waals surface area contributed by atoms with E-state index in [9.17, 15) is 5.11 Å². The van der Waals surface area contributed by atoms with Crippen molar-refractivity contribution in [1.82, 2.24) is 5.32 Å². The number of nitrogens with two attached hydrogens (primary N) is 1. The molecule has 1 aromatic carbocycles. The van der Waals surface area contributed by atoms with Gasteiger partial charge in [-0.05, 0) is 56.2 Å². The maximum atomic E-state index is 9.74. The molecule has 0 heterocycles. The first-order valence-corrected chi connectivity index (χ1v) is 6.84. The molecule has 1 aliphatic rings. The van der Waals surface area contributed by atoms with E-state index in [0.29, 0.717) is 17.8 Å².